The standard InChI is InChI=1S/C26H31N7O2S/c1-36(34,35)14-13-32-12-10-22-18(17-32)7-8-24(29-22)30-26-28-15-21-20-9-11-27-16-23(20)33(25(21)31-26)19-5-3-2-4-6-19/h7-9,11,15-16,19H,2-6,10,12-14,17H2,1H3,(H,28,29,30,31). The second kappa shape index (κ2) is 9.40. The van der Waals surface area contributed by atoms with Gasteiger partial charge in [-0.25, -0.2) is 18.4 Å². The van der Waals surface area contributed by atoms with Gasteiger partial charge in [-0.2, -0.15) is 4.98 Å². The Morgan fingerprint density at radius 1 is 1.06 bits per heavy atom. The topological polar surface area (TPSA) is 106 Å². The summed E-state index contributed by atoms with van der Waals surface area (Å²) in [5.74, 6) is 1.44. The molecule has 9 nitrogen and oxygen atoms in total. The van der Waals surface area contributed by atoms with E-state index in [1.54, 1.807) is 0 Å². The molecule has 1 aliphatic carbocycles. The van der Waals surface area contributed by atoms with Gasteiger partial charge < -0.3 is 9.88 Å². The van der Waals surface area contributed by atoms with Crippen molar-refractivity contribution in [2.24, 2.45) is 0 Å². The highest BCUT2D eigenvalue weighted by molar-refractivity contribution is 7.90. The highest BCUT2D eigenvalue weighted by Crippen LogP contribution is 2.36. The molecule has 5 heterocycles. The van der Waals surface area contributed by atoms with Crippen LogP contribution in [0.15, 0.2) is 36.8 Å². The van der Waals surface area contributed by atoms with E-state index in [1.165, 1.54) is 25.5 Å². The predicted molar refractivity (Wildman–Crippen MR) is 141 cm³/mol. The Bertz CT molecular complexity index is 1530. The van der Waals surface area contributed by atoms with Gasteiger partial charge in [0.05, 0.1) is 17.5 Å². The summed E-state index contributed by atoms with van der Waals surface area (Å²) in [6.07, 6.45) is 13.9. The number of anilines is 2. The quantitative estimate of drug-likeness (QED) is 0.419. The summed E-state index contributed by atoms with van der Waals surface area (Å²) < 4.78 is 25.4. The molecule has 10 heteroatoms. The van der Waals surface area contributed by atoms with Gasteiger partial charge >= 0.3 is 0 Å². The lowest BCUT2D eigenvalue weighted by Crippen LogP contribution is -2.34. The largest absolute Gasteiger partial charge is 0.321 e. The monoisotopic (exact) mass is 505 g/mol. The van der Waals surface area contributed by atoms with Crippen LogP contribution in [0.25, 0.3) is 21.9 Å². The molecule has 1 N–H and O–H groups in total. The molecule has 0 radical (unpaired) electrons. The van der Waals surface area contributed by atoms with Crippen molar-refractivity contribution in [1.82, 2.24) is 29.4 Å². The van der Waals surface area contributed by atoms with Crippen molar-refractivity contribution in [1.29, 1.82) is 0 Å². The fourth-order valence-electron chi connectivity index (χ4n) is 5.58. The first-order valence-electron chi connectivity index (χ1n) is 12.7. The zero-order chi connectivity index (χ0) is 24.7. The van der Waals surface area contributed by atoms with Gasteiger partial charge in [0.15, 0.2) is 0 Å². The third-order valence-electron chi connectivity index (χ3n) is 7.43. The van der Waals surface area contributed by atoms with Gasteiger partial charge in [-0.05, 0) is 30.5 Å². The molecule has 0 aromatic carbocycles. The maximum Gasteiger partial charge on any atom is 0.230 e. The number of hydrogen-bond donors (Lipinski definition) is 1. The van der Waals surface area contributed by atoms with E-state index in [0.717, 1.165) is 71.4 Å². The fourth-order valence-corrected chi connectivity index (χ4v) is 6.17. The van der Waals surface area contributed by atoms with E-state index in [9.17, 15) is 8.42 Å². The summed E-state index contributed by atoms with van der Waals surface area (Å²) in [5.41, 5.74) is 4.25. The van der Waals surface area contributed by atoms with Crippen LogP contribution < -0.4 is 5.32 Å². The van der Waals surface area contributed by atoms with E-state index in [0.29, 0.717) is 18.5 Å². The lowest BCUT2D eigenvalue weighted by atomic mass is 9.95. The van der Waals surface area contributed by atoms with E-state index < -0.39 is 9.84 Å². The first kappa shape index (κ1) is 23.3. The van der Waals surface area contributed by atoms with E-state index >= 15 is 0 Å². The van der Waals surface area contributed by atoms with Crippen LogP contribution >= 0.6 is 0 Å². The minimum Gasteiger partial charge on any atom is -0.321 e. The zero-order valence-corrected chi connectivity index (χ0v) is 21.3. The lowest BCUT2D eigenvalue weighted by Gasteiger charge is -2.28. The number of nitrogens with one attached hydrogen (secondary N) is 1. The first-order valence-corrected chi connectivity index (χ1v) is 14.8. The molecule has 0 saturated heterocycles. The fraction of sp³-hybridized carbons (Fsp3) is 0.462. The second-order valence-electron chi connectivity index (χ2n) is 10.1. The van der Waals surface area contributed by atoms with Gasteiger partial charge in [0.25, 0.3) is 0 Å². The first-order chi connectivity index (χ1) is 17.4. The Balaban J connectivity index is 1.27. The number of aromatic nitrogens is 5. The molecule has 1 aliphatic heterocycles. The summed E-state index contributed by atoms with van der Waals surface area (Å²) in [5, 5.41) is 5.52. The molecule has 1 fully saturated rings. The Morgan fingerprint density at radius 3 is 2.75 bits per heavy atom. The number of pyridine rings is 2. The van der Waals surface area contributed by atoms with Crippen molar-refractivity contribution in [2.45, 2.75) is 51.1 Å². The number of sulfone groups is 1. The minimum absolute atomic E-state index is 0.183. The lowest BCUT2D eigenvalue weighted by molar-refractivity contribution is 0.267. The van der Waals surface area contributed by atoms with E-state index in [2.05, 4.69) is 36.9 Å². The molecule has 2 aliphatic rings. The van der Waals surface area contributed by atoms with E-state index in [1.807, 2.05) is 24.7 Å². The van der Waals surface area contributed by atoms with Crippen molar-refractivity contribution in [3.8, 4) is 0 Å². The number of nitrogens with zero attached hydrogens (tertiary/aromatic N) is 6. The molecule has 0 atom stereocenters. The summed E-state index contributed by atoms with van der Waals surface area (Å²) in [7, 11) is -2.96. The number of hydrogen-bond acceptors (Lipinski definition) is 8. The predicted octanol–water partition coefficient (Wildman–Crippen LogP) is 4.03. The third kappa shape index (κ3) is 4.67. The van der Waals surface area contributed by atoms with Crippen LogP contribution in [0.3, 0.4) is 0 Å². The summed E-state index contributed by atoms with van der Waals surface area (Å²) in [4.78, 5) is 21.0. The highest BCUT2D eigenvalue weighted by Gasteiger charge is 2.23. The minimum atomic E-state index is -2.96. The van der Waals surface area contributed by atoms with Gasteiger partial charge in [0.1, 0.15) is 21.3 Å². The molecule has 6 rings (SSSR count). The zero-order valence-electron chi connectivity index (χ0n) is 20.5. The molecule has 0 unspecified atom stereocenters. The second-order valence-corrected chi connectivity index (χ2v) is 12.3. The molecule has 0 amide bonds. The SMILES string of the molecule is CS(=O)(=O)CCN1CCc2nc(Nc3ncc4c5ccncc5n(C5CCCCC5)c4n3)ccc2C1. The van der Waals surface area contributed by atoms with Crippen LogP contribution in [-0.2, 0) is 22.8 Å². The summed E-state index contributed by atoms with van der Waals surface area (Å²) in [6.45, 7) is 2.07. The highest BCUT2D eigenvalue weighted by atomic mass is 32.2. The van der Waals surface area contributed by atoms with Crippen LogP contribution in [0.4, 0.5) is 11.8 Å². The summed E-state index contributed by atoms with van der Waals surface area (Å²) >= 11 is 0. The maximum atomic E-state index is 11.5. The Kier molecular flexibility index (Phi) is 6.08. The van der Waals surface area contributed by atoms with Gasteiger partial charge in [0.2, 0.25) is 5.95 Å². The molecule has 36 heavy (non-hydrogen) atoms. The van der Waals surface area contributed by atoms with Crippen LogP contribution in [0.5, 0.6) is 0 Å². The maximum absolute atomic E-state index is 11.5. The molecule has 0 spiro atoms. The molecular formula is C26H31N7O2S. The Labute approximate surface area is 210 Å². The molecule has 4 aromatic rings. The third-order valence-corrected chi connectivity index (χ3v) is 8.36. The van der Waals surface area contributed by atoms with E-state index in [4.69, 9.17) is 9.97 Å². The van der Waals surface area contributed by atoms with Crippen molar-refractivity contribution >= 4 is 43.5 Å². The van der Waals surface area contributed by atoms with E-state index in [-0.39, 0.29) is 5.75 Å². The van der Waals surface area contributed by atoms with Gasteiger partial charge in [-0.1, -0.05) is 25.3 Å². The molecule has 0 bridgehead atoms. The normalized spacial score (nSPS) is 17.5. The van der Waals surface area contributed by atoms with Crippen LogP contribution in [0, 0.1) is 0 Å². The Hall–Kier alpha value is -3.11. The molecule has 188 valence electrons. The van der Waals surface area contributed by atoms with Crippen LogP contribution in [0.2, 0.25) is 0 Å². The number of fused-ring (bicyclic) bond motifs is 4. The Morgan fingerprint density at radius 2 is 1.92 bits per heavy atom. The van der Waals surface area contributed by atoms with Crippen molar-refractivity contribution < 1.29 is 8.42 Å². The van der Waals surface area contributed by atoms with Crippen molar-refractivity contribution in [3.05, 3.63) is 48.0 Å². The van der Waals surface area contributed by atoms with Crippen LogP contribution in [-0.4, -0.2) is 62.9 Å². The molecule has 1 saturated carbocycles. The van der Waals surface area contributed by atoms with Crippen molar-refractivity contribution in [2.75, 3.05) is 30.4 Å². The smallest absolute Gasteiger partial charge is 0.230 e. The van der Waals surface area contributed by atoms with Gasteiger partial charge in [-0.15, -0.1) is 0 Å². The van der Waals surface area contributed by atoms with Crippen LogP contribution in [0.1, 0.15) is 49.4 Å². The van der Waals surface area contributed by atoms with Crippen molar-refractivity contribution in [3.63, 3.8) is 0 Å². The molecular weight excluding hydrogens is 474 g/mol. The van der Waals surface area contributed by atoms with Gasteiger partial charge in [0, 0.05) is 67.2 Å². The summed E-state index contributed by atoms with van der Waals surface area (Å²) in [6, 6.07) is 6.50. The number of rotatable bonds is 6. The van der Waals surface area contributed by atoms with Gasteiger partial charge in [-0.3, -0.25) is 9.88 Å². The molecule has 4 aromatic heterocycles. The average molecular weight is 506 g/mol. The average Bonchev–Trinajstić information content (AvgIpc) is 3.21.